The third kappa shape index (κ3) is 1.98. The Bertz CT molecular complexity index is 382. The van der Waals surface area contributed by atoms with Crippen LogP contribution in [0.4, 0.5) is 8.78 Å². The molecule has 0 atom stereocenters. The lowest BCUT2D eigenvalue weighted by Crippen LogP contribution is -2.06. The molecule has 0 amide bonds. The first-order valence-corrected chi connectivity index (χ1v) is 3.99. The maximum absolute atomic E-state index is 12.4. The highest BCUT2D eigenvalue weighted by atomic mass is 35.5. The molecule has 0 aromatic carbocycles. The lowest BCUT2D eigenvalue weighted by Gasteiger charge is -2.07. The Morgan fingerprint density at radius 3 is 2.64 bits per heavy atom. The largest absolute Gasteiger partial charge is 0.478 e. The number of carboxylic acid groups (broad SMARTS) is 1. The molecule has 0 fully saturated rings. The Hall–Kier alpha value is -1.23. The zero-order chi connectivity index (χ0) is 10.9. The van der Waals surface area contributed by atoms with Crippen molar-refractivity contribution in [3.63, 3.8) is 0 Å². The number of halogens is 3. The van der Waals surface area contributed by atoms with Crippen LogP contribution >= 0.6 is 11.6 Å². The van der Waals surface area contributed by atoms with E-state index < -0.39 is 28.7 Å². The predicted molar refractivity (Wildman–Crippen MR) is 45.9 cm³/mol. The van der Waals surface area contributed by atoms with Crippen molar-refractivity contribution in [1.29, 1.82) is 0 Å². The van der Waals surface area contributed by atoms with Gasteiger partial charge in [-0.3, -0.25) is 0 Å². The molecule has 0 unspecified atom stereocenters. The Morgan fingerprint density at radius 1 is 1.64 bits per heavy atom. The van der Waals surface area contributed by atoms with Crippen LogP contribution in [0.15, 0.2) is 6.07 Å². The third-order valence-electron chi connectivity index (χ3n) is 1.58. The minimum Gasteiger partial charge on any atom is -0.478 e. The summed E-state index contributed by atoms with van der Waals surface area (Å²) in [6.45, 7) is 1.46. The maximum Gasteiger partial charge on any atom is 0.339 e. The SMILES string of the molecule is Cc1cc(C(F)F)c(C(=O)O)c(Cl)n1. The van der Waals surface area contributed by atoms with Crippen molar-refractivity contribution in [3.05, 3.63) is 28.0 Å². The van der Waals surface area contributed by atoms with Gasteiger partial charge in [0.25, 0.3) is 6.43 Å². The van der Waals surface area contributed by atoms with Crippen LogP contribution in [0.5, 0.6) is 0 Å². The van der Waals surface area contributed by atoms with Gasteiger partial charge >= 0.3 is 5.97 Å². The average Bonchev–Trinajstić information content (AvgIpc) is 2.01. The van der Waals surface area contributed by atoms with Crippen molar-refractivity contribution in [3.8, 4) is 0 Å². The van der Waals surface area contributed by atoms with E-state index >= 15 is 0 Å². The molecule has 1 heterocycles. The van der Waals surface area contributed by atoms with Crippen LogP contribution < -0.4 is 0 Å². The minimum absolute atomic E-state index is 0.260. The molecule has 3 nitrogen and oxygen atoms in total. The molecular weight excluding hydrogens is 216 g/mol. The van der Waals surface area contributed by atoms with Crippen LogP contribution in [0.1, 0.15) is 28.0 Å². The Kier molecular flexibility index (Phi) is 3.00. The van der Waals surface area contributed by atoms with Gasteiger partial charge in [0.15, 0.2) is 0 Å². The Balaban J connectivity index is 3.44. The molecule has 0 aliphatic carbocycles. The van der Waals surface area contributed by atoms with Gasteiger partial charge in [-0.15, -0.1) is 0 Å². The summed E-state index contributed by atoms with van der Waals surface area (Å²) in [6, 6.07) is 1.01. The second kappa shape index (κ2) is 3.88. The van der Waals surface area contributed by atoms with E-state index in [0.29, 0.717) is 0 Å². The van der Waals surface area contributed by atoms with E-state index in [1.165, 1.54) is 6.92 Å². The van der Waals surface area contributed by atoms with Gasteiger partial charge in [-0.2, -0.15) is 0 Å². The van der Waals surface area contributed by atoms with E-state index in [1.807, 2.05) is 0 Å². The molecule has 6 heteroatoms. The topological polar surface area (TPSA) is 50.2 Å². The quantitative estimate of drug-likeness (QED) is 0.781. The Labute approximate surface area is 83.3 Å². The molecule has 76 valence electrons. The molecule has 0 saturated heterocycles. The van der Waals surface area contributed by atoms with Gasteiger partial charge in [-0.25, -0.2) is 18.6 Å². The highest BCUT2D eigenvalue weighted by molar-refractivity contribution is 6.32. The number of alkyl halides is 2. The number of carbonyl (C=O) groups is 1. The predicted octanol–water partition coefficient (Wildman–Crippen LogP) is 2.68. The van der Waals surface area contributed by atoms with E-state index in [2.05, 4.69) is 4.98 Å². The van der Waals surface area contributed by atoms with E-state index in [-0.39, 0.29) is 5.69 Å². The summed E-state index contributed by atoms with van der Waals surface area (Å²) in [5.41, 5.74) is -0.974. The van der Waals surface area contributed by atoms with Crippen molar-refractivity contribution in [2.45, 2.75) is 13.3 Å². The molecule has 0 saturated carbocycles. The van der Waals surface area contributed by atoms with Crippen LogP contribution in [0.2, 0.25) is 5.15 Å². The highest BCUT2D eigenvalue weighted by Gasteiger charge is 2.22. The first-order chi connectivity index (χ1) is 6.43. The molecule has 1 aromatic rings. The fourth-order valence-electron chi connectivity index (χ4n) is 1.04. The number of pyridine rings is 1. The number of hydrogen-bond donors (Lipinski definition) is 1. The van der Waals surface area contributed by atoms with Crippen molar-refractivity contribution >= 4 is 17.6 Å². The standard InChI is InChI=1S/C8H6ClF2NO2/c1-3-2-4(7(10)11)5(8(13)14)6(9)12-3/h2,7H,1H3,(H,13,14). The van der Waals surface area contributed by atoms with Crippen molar-refractivity contribution < 1.29 is 18.7 Å². The van der Waals surface area contributed by atoms with Crippen LogP contribution in [-0.2, 0) is 0 Å². The summed E-state index contributed by atoms with van der Waals surface area (Å²) in [7, 11) is 0. The third-order valence-corrected chi connectivity index (χ3v) is 1.86. The van der Waals surface area contributed by atoms with Crippen LogP contribution in [0.25, 0.3) is 0 Å². The Morgan fingerprint density at radius 2 is 2.21 bits per heavy atom. The van der Waals surface area contributed by atoms with Gasteiger partial charge in [0.05, 0.1) is 0 Å². The molecule has 1 rings (SSSR count). The molecular formula is C8H6ClF2NO2. The van der Waals surface area contributed by atoms with Gasteiger partial charge in [0.2, 0.25) is 0 Å². The van der Waals surface area contributed by atoms with Crippen molar-refractivity contribution in [2.75, 3.05) is 0 Å². The maximum atomic E-state index is 12.4. The van der Waals surface area contributed by atoms with Crippen LogP contribution in [-0.4, -0.2) is 16.1 Å². The lowest BCUT2D eigenvalue weighted by molar-refractivity contribution is 0.0684. The fraction of sp³-hybridized carbons (Fsp3) is 0.250. The first kappa shape index (κ1) is 10.8. The summed E-state index contributed by atoms with van der Waals surface area (Å²) in [6.07, 6.45) is -2.87. The van der Waals surface area contributed by atoms with Crippen molar-refractivity contribution in [1.82, 2.24) is 4.98 Å². The summed E-state index contributed by atoms with van der Waals surface area (Å²) in [5, 5.41) is 8.22. The zero-order valence-electron chi connectivity index (χ0n) is 7.09. The van der Waals surface area contributed by atoms with Crippen LogP contribution in [0, 0.1) is 6.92 Å². The lowest BCUT2D eigenvalue weighted by atomic mass is 10.1. The monoisotopic (exact) mass is 221 g/mol. The average molecular weight is 222 g/mol. The minimum atomic E-state index is -2.87. The van der Waals surface area contributed by atoms with Crippen LogP contribution in [0.3, 0.4) is 0 Å². The van der Waals surface area contributed by atoms with Gasteiger partial charge < -0.3 is 5.11 Å². The second-order valence-electron chi connectivity index (χ2n) is 2.62. The number of hydrogen-bond acceptors (Lipinski definition) is 2. The molecule has 0 radical (unpaired) electrons. The van der Waals surface area contributed by atoms with E-state index in [4.69, 9.17) is 16.7 Å². The number of carboxylic acids is 1. The number of aryl methyl sites for hydroxylation is 1. The number of aromatic nitrogens is 1. The molecule has 0 aliphatic heterocycles. The molecule has 1 aromatic heterocycles. The molecule has 14 heavy (non-hydrogen) atoms. The molecule has 1 N–H and O–H groups in total. The smallest absolute Gasteiger partial charge is 0.339 e. The number of aromatic carboxylic acids is 1. The fourth-order valence-corrected chi connectivity index (χ4v) is 1.37. The molecule has 0 bridgehead atoms. The number of rotatable bonds is 2. The molecule has 0 aliphatic rings. The first-order valence-electron chi connectivity index (χ1n) is 3.62. The van der Waals surface area contributed by atoms with E-state index in [1.54, 1.807) is 0 Å². The van der Waals surface area contributed by atoms with Gasteiger partial charge in [0, 0.05) is 11.3 Å². The van der Waals surface area contributed by atoms with E-state index in [9.17, 15) is 13.6 Å². The second-order valence-corrected chi connectivity index (χ2v) is 2.98. The highest BCUT2D eigenvalue weighted by Crippen LogP contribution is 2.27. The van der Waals surface area contributed by atoms with E-state index in [0.717, 1.165) is 6.07 Å². The molecule has 0 spiro atoms. The van der Waals surface area contributed by atoms with Gasteiger partial charge in [-0.05, 0) is 13.0 Å². The zero-order valence-corrected chi connectivity index (χ0v) is 7.85. The summed E-state index contributed by atoms with van der Waals surface area (Å²) in [5.74, 6) is -1.50. The number of nitrogens with zero attached hydrogens (tertiary/aromatic N) is 1. The van der Waals surface area contributed by atoms with Crippen molar-refractivity contribution in [2.24, 2.45) is 0 Å². The van der Waals surface area contributed by atoms with Gasteiger partial charge in [0.1, 0.15) is 10.7 Å². The normalized spacial score (nSPS) is 10.6. The summed E-state index contributed by atoms with van der Waals surface area (Å²) in [4.78, 5) is 14.2. The summed E-state index contributed by atoms with van der Waals surface area (Å²) < 4.78 is 24.8. The van der Waals surface area contributed by atoms with Gasteiger partial charge in [-0.1, -0.05) is 11.6 Å². The summed E-state index contributed by atoms with van der Waals surface area (Å²) >= 11 is 5.45.